The number of aromatic nitrogens is 2. The molecule has 1 aromatic heterocycles. The summed E-state index contributed by atoms with van der Waals surface area (Å²) in [5.41, 5.74) is 1.88. The van der Waals surface area contributed by atoms with Gasteiger partial charge in [0, 0.05) is 23.0 Å². The molecule has 3 aromatic rings. The highest BCUT2D eigenvalue weighted by molar-refractivity contribution is 6.30. The maximum atomic E-state index is 13.0. The van der Waals surface area contributed by atoms with E-state index in [2.05, 4.69) is 20.4 Å². The zero-order valence-corrected chi connectivity index (χ0v) is 17.1. The molecule has 4 rings (SSSR count). The number of likely N-dealkylation sites (tertiary alicyclic amines) is 1. The minimum absolute atomic E-state index is 0.00248. The molecule has 1 amide bonds. The predicted octanol–water partition coefficient (Wildman–Crippen LogP) is 4.06. The van der Waals surface area contributed by atoms with Crippen molar-refractivity contribution in [2.24, 2.45) is 5.92 Å². The van der Waals surface area contributed by atoms with Crippen LogP contribution in [-0.2, 0) is 17.9 Å². The van der Waals surface area contributed by atoms with Crippen molar-refractivity contribution in [3.63, 3.8) is 0 Å². The number of nitrogens with one attached hydrogen (secondary N) is 1. The monoisotopic (exact) mass is 428 g/mol. The molecule has 2 aromatic carbocycles. The second kappa shape index (κ2) is 9.36. The van der Waals surface area contributed by atoms with Crippen molar-refractivity contribution < 1.29 is 13.7 Å². The third kappa shape index (κ3) is 5.23. The van der Waals surface area contributed by atoms with E-state index in [1.54, 1.807) is 24.3 Å². The van der Waals surface area contributed by atoms with E-state index in [0.29, 0.717) is 16.7 Å². The van der Waals surface area contributed by atoms with Crippen LogP contribution in [0.5, 0.6) is 0 Å². The summed E-state index contributed by atoms with van der Waals surface area (Å²) in [6.45, 7) is 2.63. The van der Waals surface area contributed by atoms with Gasteiger partial charge in [0.15, 0.2) is 0 Å². The topological polar surface area (TPSA) is 71.3 Å². The maximum absolute atomic E-state index is 13.0. The minimum Gasteiger partial charge on any atom is -0.347 e. The van der Waals surface area contributed by atoms with Crippen LogP contribution in [-0.4, -0.2) is 34.0 Å². The third-order valence-electron chi connectivity index (χ3n) is 5.26. The van der Waals surface area contributed by atoms with Crippen LogP contribution >= 0.6 is 11.6 Å². The van der Waals surface area contributed by atoms with E-state index in [1.807, 2.05) is 12.1 Å². The van der Waals surface area contributed by atoms with Crippen LogP contribution in [0.15, 0.2) is 53.1 Å². The molecule has 1 fully saturated rings. The van der Waals surface area contributed by atoms with Crippen molar-refractivity contribution in [1.82, 2.24) is 20.4 Å². The Balaban J connectivity index is 1.23. The van der Waals surface area contributed by atoms with Crippen LogP contribution in [0.25, 0.3) is 11.4 Å². The lowest BCUT2D eigenvalue weighted by molar-refractivity contribution is -0.126. The molecular weight excluding hydrogens is 407 g/mol. The molecule has 0 spiro atoms. The van der Waals surface area contributed by atoms with Gasteiger partial charge in [-0.05, 0) is 67.9 Å². The van der Waals surface area contributed by atoms with Crippen molar-refractivity contribution in [2.45, 2.75) is 25.9 Å². The van der Waals surface area contributed by atoms with Gasteiger partial charge in [-0.1, -0.05) is 28.9 Å². The molecule has 8 heteroatoms. The summed E-state index contributed by atoms with van der Waals surface area (Å²) in [5.74, 6) is 0.568. The van der Waals surface area contributed by atoms with Gasteiger partial charge in [0.2, 0.25) is 17.6 Å². The van der Waals surface area contributed by atoms with Gasteiger partial charge in [0.1, 0.15) is 5.82 Å². The smallest absolute Gasteiger partial charge is 0.246 e. The first kappa shape index (κ1) is 20.5. The lowest BCUT2D eigenvalue weighted by Crippen LogP contribution is -2.40. The molecule has 0 saturated carbocycles. The van der Waals surface area contributed by atoms with Gasteiger partial charge in [-0.3, -0.25) is 9.69 Å². The Morgan fingerprint density at radius 2 is 1.83 bits per heavy atom. The SMILES string of the molecule is O=C(NCc1nc(-c2ccc(Cl)cc2)no1)C1CCN(Cc2ccc(F)cc2)CC1. The molecule has 1 saturated heterocycles. The van der Waals surface area contributed by atoms with Crippen molar-refractivity contribution in [3.8, 4) is 11.4 Å². The maximum Gasteiger partial charge on any atom is 0.246 e. The first-order valence-electron chi connectivity index (χ1n) is 9.90. The summed E-state index contributed by atoms with van der Waals surface area (Å²) >= 11 is 5.89. The average Bonchev–Trinajstić information content (AvgIpc) is 3.24. The predicted molar refractivity (Wildman–Crippen MR) is 111 cm³/mol. The molecule has 0 atom stereocenters. The molecular formula is C22H22ClFN4O2. The number of carbonyl (C=O) groups excluding carboxylic acids is 1. The van der Waals surface area contributed by atoms with Gasteiger partial charge < -0.3 is 9.84 Å². The van der Waals surface area contributed by atoms with E-state index >= 15 is 0 Å². The summed E-state index contributed by atoms with van der Waals surface area (Å²) in [7, 11) is 0. The number of carbonyl (C=O) groups is 1. The Kier molecular flexibility index (Phi) is 6.40. The summed E-state index contributed by atoms with van der Waals surface area (Å²) in [6, 6.07) is 13.7. The number of hydrogen-bond donors (Lipinski definition) is 1. The second-order valence-electron chi connectivity index (χ2n) is 7.41. The fraction of sp³-hybridized carbons (Fsp3) is 0.318. The Morgan fingerprint density at radius 3 is 2.53 bits per heavy atom. The van der Waals surface area contributed by atoms with Crippen LogP contribution in [0.4, 0.5) is 4.39 Å². The summed E-state index contributed by atoms with van der Waals surface area (Å²) in [5, 5.41) is 7.49. The Labute approximate surface area is 179 Å². The van der Waals surface area contributed by atoms with E-state index in [-0.39, 0.29) is 24.2 Å². The van der Waals surface area contributed by atoms with Crippen LogP contribution in [0.1, 0.15) is 24.3 Å². The number of hydrogen-bond acceptors (Lipinski definition) is 5. The number of benzene rings is 2. The number of halogens is 2. The summed E-state index contributed by atoms with van der Waals surface area (Å²) in [4.78, 5) is 19.1. The lowest BCUT2D eigenvalue weighted by atomic mass is 9.95. The fourth-order valence-corrected chi connectivity index (χ4v) is 3.68. The zero-order valence-electron chi connectivity index (χ0n) is 16.4. The van der Waals surface area contributed by atoms with E-state index in [1.165, 1.54) is 12.1 Å². The highest BCUT2D eigenvalue weighted by Crippen LogP contribution is 2.21. The van der Waals surface area contributed by atoms with E-state index < -0.39 is 0 Å². The van der Waals surface area contributed by atoms with Crippen molar-refractivity contribution in [2.75, 3.05) is 13.1 Å². The van der Waals surface area contributed by atoms with Gasteiger partial charge in [-0.25, -0.2) is 4.39 Å². The van der Waals surface area contributed by atoms with E-state index in [0.717, 1.165) is 43.6 Å². The van der Waals surface area contributed by atoms with Crippen molar-refractivity contribution in [3.05, 3.63) is 70.8 Å². The standard InChI is InChI=1S/C22H22ClFN4O2/c23-18-5-3-16(4-6-18)21-26-20(30-27-21)13-25-22(29)17-9-11-28(12-10-17)14-15-1-7-19(24)8-2-15/h1-8,17H,9-14H2,(H,25,29). The van der Waals surface area contributed by atoms with E-state index in [4.69, 9.17) is 16.1 Å². The van der Waals surface area contributed by atoms with E-state index in [9.17, 15) is 9.18 Å². The molecule has 0 unspecified atom stereocenters. The highest BCUT2D eigenvalue weighted by Gasteiger charge is 2.25. The summed E-state index contributed by atoms with van der Waals surface area (Å²) in [6.07, 6.45) is 1.57. The molecule has 1 aliphatic rings. The molecule has 2 heterocycles. The number of nitrogens with zero attached hydrogens (tertiary/aromatic N) is 3. The highest BCUT2D eigenvalue weighted by atomic mass is 35.5. The van der Waals surface area contributed by atoms with Gasteiger partial charge >= 0.3 is 0 Å². The quantitative estimate of drug-likeness (QED) is 0.641. The van der Waals surface area contributed by atoms with Crippen LogP contribution in [0.2, 0.25) is 5.02 Å². The second-order valence-corrected chi connectivity index (χ2v) is 7.85. The summed E-state index contributed by atoms with van der Waals surface area (Å²) < 4.78 is 18.3. The molecule has 30 heavy (non-hydrogen) atoms. The van der Waals surface area contributed by atoms with Gasteiger partial charge in [0.05, 0.1) is 6.54 Å². The normalized spacial score (nSPS) is 15.3. The number of amides is 1. The Hall–Kier alpha value is -2.77. The van der Waals surface area contributed by atoms with Gasteiger partial charge in [0.25, 0.3) is 0 Å². The van der Waals surface area contributed by atoms with Crippen LogP contribution in [0, 0.1) is 11.7 Å². The molecule has 0 bridgehead atoms. The van der Waals surface area contributed by atoms with Gasteiger partial charge in [-0.2, -0.15) is 4.98 Å². The Bertz CT molecular complexity index is 983. The number of piperidine rings is 1. The molecule has 1 aliphatic heterocycles. The Morgan fingerprint density at radius 1 is 1.13 bits per heavy atom. The molecule has 0 aliphatic carbocycles. The van der Waals surface area contributed by atoms with Crippen molar-refractivity contribution >= 4 is 17.5 Å². The lowest BCUT2D eigenvalue weighted by Gasteiger charge is -2.31. The molecule has 0 radical (unpaired) electrons. The minimum atomic E-state index is -0.226. The third-order valence-corrected chi connectivity index (χ3v) is 5.51. The first-order valence-corrected chi connectivity index (χ1v) is 10.3. The fourth-order valence-electron chi connectivity index (χ4n) is 3.55. The van der Waals surface area contributed by atoms with Crippen LogP contribution in [0.3, 0.4) is 0 Å². The van der Waals surface area contributed by atoms with Crippen molar-refractivity contribution in [1.29, 1.82) is 0 Å². The first-order chi connectivity index (χ1) is 14.6. The number of rotatable bonds is 6. The zero-order chi connectivity index (χ0) is 20.9. The average molecular weight is 429 g/mol. The molecule has 6 nitrogen and oxygen atoms in total. The molecule has 156 valence electrons. The van der Waals surface area contributed by atoms with Gasteiger partial charge in [-0.15, -0.1) is 0 Å². The molecule has 1 N–H and O–H groups in total. The largest absolute Gasteiger partial charge is 0.347 e. The van der Waals surface area contributed by atoms with Crippen LogP contribution < -0.4 is 5.32 Å².